The van der Waals surface area contributed by atoms with E-state index in [4.69, 9.17) is 0 Å². The predicted octanol–water partition coefficient (Wildman–Crippen LogP) is 4.56. The lowest BCUT2D eigenvalue weighted by Gasteiger charge is -2.20. The monoisotopic (exact) mass is 414 g/mol. The van der Waals surface area contributed by atoms with Crippen LogP contribution in [0.15, 0.2) is 76.6 Å². The van der Waals surface area contributed by atoms with Gasteiger partial charge in [-0.1, -0.05) is 52.3 Å². The molecule has 126 valence electrons. The topological polar surface area (TPSA) is 58.2 Å². The Balaban J connectivity index is 1.83. The van der Waals surface area contributed by atoms with Crippen LogP contribution >= 0.6 is 27.3 Å². The molecule has 1 amide bonds. The minimum absolute atomic E-state index is 0.201. The van der Waals surface area contributed by atoms with E-state index in [0.29, 0.717) is 10.4 Å². The van der Waals surface area contributed by atoms with Gasteiger partial charge >= 0.3 is 0 Å². The second-order valence-corrected chi connectivity index (χ2v) is 7.13. The van der Waals surface area contributed by atoms with Crippen molar-refractivity contribution in [2.24, 2.45) is 0 Å². The van der Waals surface area contributed by atoms with E-state index in [-0.39, 0.29) is 11.7 Å². The van der Waals surface area contributed by atoms with Crippen LogP contribution in [0.1, 0.15) is 20.0 Å². The number of carbonyl (C=O) groups is 2. The molecule has 0 bridgehead atoms. The number of thiophene rings is 1. The maximum atomic E-state index is 12.8. The molecule has 0 aliphatic rings. The molecule has 1 heterocycles. The lowest BCUT2D eigenvalue weighted by molar-refractivity contribution is 0.0872. The number of carbonyl (C=O) groups excluding carboxylic acids is 2. The first-order chi connectivity index (χ1) is 12.1. The average molecular weight is 415 g/mol. The lowest BCUT2D eigenvalue weighted by Crippen LogP contribution is -2.46. The van der Waals surface area contributed by atoms with E-state index < -0.39 is 6.17 Å². The van der Waals surface area contributed by atoms with Crippen LogP contribution in [0.5, 0.6) is 0 Å². The van der Waals surface area contributed by atoms with Crippen molar-refractivity contribution in [2.75, 3.05) is 5.32 Å². The largest absolute Gasteiger partial charge is 0.359 e. The summed E-state index contributed by atoms with van der Waals surface area (Å²) >= 11 is 4.71. The first kappa shape index (κ1) is 17.4. The van der Waals surface area contributed by atoms with Crippen LogP contribution in [-0.4, -0.2) is 17.9 Å². The Morgan fingerprint density at radius 2 is 1.64 bits per heavy atom. The van der Waals surface area contributed by atoms with Crippen molar-refractivity contribution >= 4 is 44.6 Å². The second-order valence-electron chi connectivity index (χ2n) is 5.27. The normalized spacial score (nSPS) is 11.6. The molecule has 25 heavy (non-hydrogen) atoms. The summed E-state index contributed by atoms with van der Waals surface area (Å²) in [4.78, 5) is 25.8. The summed E-state index contributed by atoms with van der Waals surface area (Å²) in [6.07, 6.45) is -0.863. The molecule has 0 radical (unpaired) electrons. The molecule has 6 heteroatoms. The SMILES string of the molecule is O=C(NC(Nc1ccc(Br)cc1)C(=O)c1ccccc1)c1cccs1. The molecule has 0 aliphatic carbocycles. The fourth-order valence-electron chi connectivity index (χ4n) is 2.26. The number of benzene rings is 2. The predicted molar refractivity (Wildman–Crippen MR) is 104 cm³/mol. The molecule has 0 fully saturated rings. The van der Waals surface area contributed by atoms with Gasteiger partial charge in [-0.2, -0.15) is 0 Å². The lowest BCUT2D eigenvalue weighted by atomic mass is 10.1. The number of hydrogen-bond donors (Lipinski definition) is 2. The number of ketones is 1. The summed E-state index contributed by atoms with van der Waals surface area (Å²) in [5.41, 5.74) is 1.27. The smallest absolute Gasteiger partial charge is 0.263 e. The number of rotatable bonds is 6. The summed E-state index contributed by atoms with van der Waals surface area (Å²) in [5.74, 6) is -0.484. The van der Waals surface area contributed by atoms with Crippen molar-refractivity contribution in [1.82, 2.24) is 5.32 Å². The molecule has 3 rings (SSSR count). The molecule has 1 atom stereocenters. The molecule has 0 saturated carbocycles. The van der Waals surface area contributed by atoms with Crippen molar-refractivity contribution in [2.45, 2.75) is 6.17 Å². The van der Waals surface area contributed by atoms with Gasteiger partial charge < -0.3 is 10.6 Å². The Kier molecular flexibility index (Phi) is 5.63. The molecule has 0 saturated heterocycles. The summed E-state index contributed by atoms with van der Waals surface area (Å²) in [6.45, 7) is 0. The van der Waals surface area contributed by atoms with Crippen LogP contribution in [0, 0.1) is 0 Å². The molecule has 1 aromatic heterocycles. The Bertz CT molecular complexity index is 849. The number of anilines is 1. The van der Waals surface area contributed by atoms with Gasteiger partial charge in [-0.25, -0.2) is 0 Å². The minimum Gasteiger partial charge on any atom is -0.359 e. The summed E-state index contributed by atoms with van der Waals surface area (Å²) in [5, 5.41) is 7.70. The maximum Gasteiger partial charge on any atom is 0.263 e. The van der Waals surface area contributed by atoms with Gasteiger partial charge in [-0.3, -0.25) is 9.59 Å². The molecule has 0 spiro atoms. The molecule has 1 unspecified atom stereocenters. The number of Topliss-reactive ketones (excluding diaryl/α,β-unsaturated/α-hetero) is 1. The molecule has 3 aromatic rings. The Labute approximate surface area is 158 Å². The van der Waals surface area contributed by atoms with E-state index in [1.54, 1.807) is 36.4 Å². The van der Waals surface area contributed by atoms with Crippen LogP contribution in [0.4, 0.5) is 5.69 Å². The zero-order valence-electron chi connectivity index (χ0n) is 13.1. The molecule has 0 aliphatic heterocycles. The molecular formula is C19H15BrN2O2S. The Hall–Kier alpha value is -2.44. The van der Waals surface area contributed by atoms with Gasteiger partial charge in [0.15, 0.2) is 6.17 Å². The Morgan fingerprint density at radius 1 is 0.920 bits per heavy atom. The van der Waals surface area contributed by atoms with Gasteiger partial charge in [0, 0.05) is 15.7 Å². The van der Waals surface area contributed by atoms with Gasteiger partial charge in [-0.05, 0) is 35.7 Å². The van der Waals surface area contributed by atoms with Gasteiger partial charge in [0.2, 0.25) is 5.78 Å². The van der Waals surface area contributed by atoms with Gasteiger partial charge in [0.25, 0.3) is 5.91 Å². The molecular weight excluding hydrogens is 400 g/mol. The van der Waals surface area contributed by atoms with Crippen LogP contribution in [0.2, 0.25) is 0 Å². The summed E-state index contributed by atoms with van der Waals surface area (Å²) < 4.78 is 0.937. The average Bonchev–Trinajstić information content (AvgIpc) is 3.18. The number of nitrogens with one attached hydrogen (secondary N) is 2. The minimum atomic E-state index is -0.863. The van der Waals surface area contributed by atoms with Crippen LogP contribution in [-0.2, 0) is 0 Å². The zero-order chi connectivity index (χ0) is 17.6. The molecule has 2 aromatic carbocycles. The molecule has 4 nitrogen and oxygen atoms in total. The standard InChI is InChI=1S/C19H15BrN2O2S/c20-14-8-10-15(11-9-14)21-18(17(23)13-5-2-1-3-6-13)22-19(24)16-7-4-12-25-16/h1-12,18,21H,(H,22,24). The van der Waals surface area contributed by atoms with Crippen molar-refractivity contribution in [3.63, 3.8) is 0 Å². The van der Waals surface area contributed by atoms with Crippen molar-refractivity contribution in [1.29, 1.82) is 0 Å². The number of hydrogen-bond acceptors (Lipinski definition) is 4. The fraction of sp³-hybridized carbons (Fsp3) is 0.0526. The zero-order valence-corrected chi connectivity index (χ0v) is 15.5. The second kappa shape index (κ2) is 8.09. The third-order valence-corrected chi connectivity index (χ3v) is 4.89. The third kappa shape index (κ3) is 4.55. The fourth-order valence-corrected chi connectivity index (χ4v) is 3.15. The highest BCUT2D eigenvalue weighted by atomic mass is 79.9. The quantitative estimate of drug-likeness (QED) is 0.458. The van der Waals surface area contributed by atoms with Gasteiger partial charge in [0.1, 0.15) is 0 Å². The first-order valence-electron chi connectivity index (χ1n) is 7.59. The van der Waals surface area contributed by atoms with E-state index in [0.717, 1.165) is 10.2 Å². The molecule has 2 N–H and O–H groups in total. The highest BCUT2D eigenvalue weighted by molar-refractivity contribution is 9.10. The van der Waals surface area contributed by atoms with Gasteiger partial charge in [-0.15, -0.1) is 11.3 Å². The van der Waals surface area contributed by atoms with E-state index in [9.17, 15) is 9.59 Å². The summed E-state index contributed by atoms with van der Waals surface area (Å²) in [6, 6.07) is 19.8. The summed E-state index contributed by atoms with van der Waals surface area (Å²) in [7, 11) is 0. The highest BCUT2D eigenvalue weighted by Crippen LogP contribution is 2.16. The van der Waals surface area contributed by atoms with Gasteiger partial charge in [0.05, 0.1) is 4.88 Å². The van der Waals surface area contributed by atoms with Crippen molar-refractivity contribution in [3.8, 4) is 0 Å². The van der Waals surface area contributed by atoms with E-state index in [2.05, 4.69) is 26.6 Å². The van der Waals surface area contributed by atoms with Crippen molar-refractivity contribution in [3.05, 3.63) is 87.0 Å². The maximum absolute atomic E-state index is 12.8. The van der Waals surface area contributed by atoms with E-state index in [1.807, 2.05) is 35.7 Å². The Morgan fingerprint density at radius 3 is 2.28 bits per heavy atom. The number of halogens is 1. The van der Waals surface area contributed by atoms with Crippen LogP contribution in [0.25, 0.3) is 0 Å². The van der Waals surface area contributed by atoms with Crippen LogP contribution in [0.3, 0.4) is 0 Å². The highest BCUT2D eigenvalue weighted by Gasteiger charge is 2.23. The van der Waals surface area contributed by atoms with E-state index in [1.165, 1.54) is 11.3 Å². The number of amides is 1. The van der Waals surface area contributed by atoms with Crippen molar-refractivity contribution < 1.29 is 9.59 Å². The third-order valence-electron chi connectivity index (χ3n) is 3.50. The van der Waals surface area contributed by atoms with Crippen LogP contribution < -0.4 is 10.6 Å². The first-order valence-corrected chi connectivity index (χ1v) is 9.26. The van der Waals surface area contributed by atoms with E-state index >= 15 is 0 Å².